The summed E-state index contributed by atoms with van der Waals surface area (Å²) in [7, 11) is 0. The summed E-state index contributed by atoms with van der Waals surface area (Å²) in [5.41, 5.74) is 7.12. The Bertz CT molecular complexity index is 1330. The highest BCUT2D eigenvalue weighted by Gasteiger charge is 2.22. The first-order valence-electron chi connectivity index (χ1n) is 11.0. The molecule has 1 aliphatic rings. The molecule has 0 amide bonds. The van der Waals surface area contributed by atoms with Crippen LogP contribution in [0.4, 0.5) is 0 Å². The van der Waals surface area contributed by atoms with E-state index in [-0.39, 0.29) is 12.0 Å². The first-order chi connectivity index (χ1) is 16.1. The second-order valence-corrected chi connectivity index (χ2v) is 8.30. The predicted molar refractivity (Wildman–Crippen MR) is 126 cm³/mol. The van der Waals surface area contributed by atoms with E-state index in [1.54, 1.807) is 12.4 Å². The average Bonchev–Trinajstić information content (AvgIpc) is 3.31. The molecule has 5 rings (SSSR count). The van der Waals surface area contributed by atoms with Crippen molar-refractivity contribution in [3.05, 3.63) is 84.4 Å². The van der Waals surface area contributed by atoms with Gasteiger partial charge >= 0.3 is 0 Å². The van der Waals surface area contributed by atoms with E-state index in [1.165, 1.54) is 0 Å². The van der Waals surface area contributed by atoms with Crippen molar-refractivity contribution < 1.29 is 9.47 Å². The lowest BCUT2D eigenvalue weighted by Gasteiger charge is -2.27. The molecular weight excluding hydrogens is 412 g/mol. The highest BCUT2D eigenvalue weighted by Crippen LogP contribution is 2.32. The summed E-state index contributed by atoms with van der Waals surface area (Å²) < 4.78 is 13.2. The number of pyridine rings is 1. The van der Waals surface area contributed by atoms with Gasteiger partial charge in [0.2, 0.25) is 0 Å². The van der Waals surface area contributed by atoms with Gasteiger partial charge in [-0.15, -0.1) is 0 Å². The fourth-order valence-corrected chi connectivity index (χ4v) is 3.85. The highest BCUT2D eigenvalue weighted by molar-refractivity contribution is 5.70. The molecule has 164 valence electrons. The molecule has 2 aromatic heterocycles. The van der Waals surface area contributed by atoms with Gasteiger partial charge in [0.15, 0.2) is 0 Å². The second kappa shape index (κ2) is 8.89. The van der Waals surface area contributed by atoms with E-state index in [9.17, 15) is 5.26 Å². The number of aryl methyl sites for hydroxylation is 1. The summed E-state index contributed by atoms with van der Waals surface area (Å²) >= 11 is 0. The number of nitriles is 1. The van der Waals surface area contributed by atoms with E-state index >= 15 is 0 Å². The van der Waals surface area contributed by atoms with Crippen LogP contribution in [-0.2, 0) is 4.74 Å². The number of benzene rings is 2. The van der Waals surface area contributed by atoms with Crippen LogP contribution in [0.15, 0.2) is 73.3 Å². The Labute approximate surface area is 193 Å². The summed E-state index contributed by atoms with van der Waals surface area (Å²) in [6.45, 7) is 5.21. The van der Waals surface area contributed by atoms with E-state index in [1.807, 2.05) is 42.2 Å². The molecule has 1 atom stereocenters. The molecule has 0 spiro atoms. The minimum atomic E-state index is -0.147. The zero-order valence-electron chi connectivity index (χ0n) is 18.6. The third-order valence-corrected chi connectivity index (χ3v) is 5.95. The fourth-order valence-electron chi connectivity index (χ4n) is 3.85. The number of hydrogen-bond donors (Lipinski definition) is 0. The molecule has 3 heterocycles. The van der Waals surface area contributed by atoms with Crippen molar-refractivity contribution in [3.63, 3.8) is 0 Å². The van der Waals surface area contributed by atoms with Gasteiger partial charge in [-0.25, -0.2) is 4.68 Å². The maximum absolute atomic E-state index is 9.28. The van der Waals surface area contributed by atoms with E-state index in [4.69, 9.17) is 9.47 Å². The Hall–Kier alpha value is -3.95. The Morgan fingerprint density at radius 2 is 1.94 bits per heavy atom. The standard InChI is InChI=1S/C27H24N4O2/c1-18-6-7-22(21-5-3-4-20(10-21)19(2)12-28)11-26(18)31-15-23(13-30-31)25-14-29-9-8-27(25)33-24-16-32-17-24/h3-11,13-15,19,24H,16-17H2,1-2H3. The molecule has 1 saturated heterocycles. The van der Waals surface area contributed by atoms with Crippen molar-refractivity contribution in [1.29, 1.82) is 5.26 Å². The largest absolute Gasteiger partial charge is 0.485 e. The molecule has 1 aliphatic heterocycles. The molecule has 0 aliphatic carbocycles. The van der Waals surface area contributed by atoms with Crippen molar-refractivity contribution in [2.75, 3.05) is 13.2 Å². The predicted octanol–water partition coefficient (Wildman–Crippen LogP) is 5.31. The quantitative estimate of drug-likeness (QED) is 0.409. The zero-order valence-corrected chi connectivity index (χ0v) is 18.6. The van der Waals surface area contributed by atoms with Crippen LogP contribution in [0.2, 0.25) is 0 Å². The third kappa shape index (κ3) is 4.23. The molecule has 0 bridgehead atoms. The Morgan fingerprint density at radius 1 is 1.09 bits per heavy atom. The topological polar surface area (TPSA) is 73.0 Å². The smallest absolute Gasteiger partial charge is 0.145 e. The van der Waals surface area contributed by atoms with Crippen LogP contribution >= 0.6 is 0 Å². The maximum atomic E-state index is 9.28. The highest BCUT2D eigenvalue weighted by atomic mass is 16.6. The van der Waals surface area contributed by atoms with E-state index in [0.29, 0.717) is 13.2 Å². The van der Waals surface area contributed by atoms with Gasteiger partial charge in [0.1, 0.15) is 11.9 Å². The van der Waals surface area contributed by atoms with Crippen LogP contribution in [-0.4, -0.2) is 34.1 Å². The molecule has 0 radical (unpaired) electrons. The van der Waals surface area contributed by atoms with Crippen molar-refractivity contribution in [2.24, 2.45) is 0 Å². The minimum absolute atomic E-state index is 0.0830. The number of rotatable bonds is 6. The monoisotopic (exact) mass is 436 g/mol. The van der Waals surface area contributed by atoms with Gasteiger partial charge in [-0.1, -0.05) is 30.3 Å². The van der Waals surface area contributed by atoms with Crippen molar-refractivity contribution >= 4 is 0 Å². The maximum Gasteiger partial charge on any atom is 0.145 e. The van der Waals surface area contributed by atoms with Crippen molar-refractivity contribution in [2.45, 2.75) is 25.9 Å². The van der Waals surface area contributed by atoms with Crippen molar-refractivity contribution in [1.82, 2.24) is 14.8 Å². The van der Waals surface area contributed by atoms with Gasteiger partial charge in [0, 0.05) is 29.7 Å². The molecule has 2 aromatic carbocycles. The van der Waals surface area contributed by atoms with Gasteiger partial charge in [-0.05, 0) is 54.3 Å². The average molecular weight is 437 g/mol. The fraction of sp³-hybridized carbons (Fsp3) is 0.222. The Morgan fingerprint density at radius 3 is 2.73 bits per heavy atom. The lowest BCUT2D eigenvalue weighted by Crippen LogP contribution is -2.38. The van der Waals surface area contributed by atoms with E-state index in [0.717, 1.165) is 44.8 Å². The molecule has 1 fully saturated rings. The molecular formula is C27H24N4O2. The van der Waals surface area contributed by atoms with Crippen LogP contribution in [0.25, 0.3) is 27.9 Å². The van der Waals surface area contributed by atoms with Crippen molar-refractivity contribution in [3.8, 4) is 39.8 Å². The summed E-state index contributed by atoms with van der Waals surface area (Å²) in [5.74, 6) is 0.637. The first-order valence-corrected chi connectivity index (χ1v) is 11.0. The van der Waals surface area contributed by atoms with Crippen LogP contribution in [0, 0.1) is 18.3 Å². The number of ether oxygens (including phenoxy) is 2. The van der Waals surface area contributed by atoms with Gasteiger partial charge in [0.05, 0.1) is 37.1 Å². The zero-order chi connectivity index (χ0) is 22.8. The summed E-state index contributed by atoms with van der Waals surface area (Å²) in [6, 6.07) is 18.7. The van der Waals surface area contributed by atoms with Gasteiger partial charge in [0.25, 0.3) is 0 Å². The van der Waals surface area contributed by atoms with E-state index < -0.39 is 0 Å². The first kappa shape index (κ1) is 20.9. The summed E-state index contributed by atoms with van der Waals surface area (Å²) in [4.78, 5) is 4.28. The Balaban J connectivity index is 1.48. The molecule has 0 N–H and O–H groups in total. The van der Waals surface area contributed by atoms with Gasteiger partial charge < -0.3 is 9.47 Å². The molecule has 6 nitrogen and oxygen atoms in total. The van der Waals surface area contributed by atoms with Crippen LogP contribution in [0.1, 0.15) is 24.0 Å². The van der Waals surface area contributed by atoms with E-state index in [2.05, 4.69) is 53.4 Å². The molecule has 33 heavy (non-hydrogen) atoms. The SMILES string of the molecule is Cc1ccc(-c2cccc(C(C)C#N)c2)cc1-n1cc(-c2cnccc2OC2COC2)cn1. The lowest BCUT2D eigenvalue weighted by atomic mass is 9.96. The molecule has 0 saturated carbocycles. The lowest BCUT2D eigenvalue weighted by molar-refractivity contribution is -0.0794. The second-order valence-electron chi connectivity index (χ2n) is 8.30. The molecule has 1 unspecified atom stereocenters. The van der Waals surface area contributed by atoms with Gasteiger partial charge in [-0.3, -0.25) is 4.98 Å². The number of aromatic nitrogens is 3. The minimum Gasteiger partial charge on any atom is -0.485 e. The number of nitrogens with zero attached hydrogens (tertiary/aromatic N) is 4. The normalized spacial score (nSPS) is 14.3. The Kier molecular flexibility index (Phi) is 5.64. The van der Waals surface area contributed by atoms with Crippen LogP contribution < -0.4 is 4.74 Å². The molecule has 6 heteroatoms. The summed E-state index contributed by atoms with van der Waals surface area (Å²) in [6.07, 6.45) is 7.46. The van der Waals surface area contributed by atoms with Crippen LogP contribution in [0.5, 0.6) is 5.75 Å². The van der Waals surface area contributed by atoms with Gasteiger partial charge in [-0.2, -0.15) is 10.4 Å². The third-order valence-electron chi connectivity index (χ3n) is 5.95. The number of hydrogen-bond acceptors (Lipinski definition) is 5. The van der Waals surface area contributed by atoms with Crippen LogP contribution in [0.3, 0.4) is 0 Å². The summed E-state index contributed by atoms with van der Waals surface area (Å²) in [5, 5.41) is 13.9. The molecule has 4 aromatic rings.